The lowest BCUT2D eigenvalue weighted by Crippen LogP contribution is -2.13. The number of nitrogen functional groups attached to an aromatic ring is 1. The van der Waals surface area contributed by atoms with Crippen molar-refractivity contribution in [2.45, 2.75) is 0 Å². The van der Waals surface area contributed by atoms with Gasteiger partial charge in [-0.05, 0) is 0 Å². The predicted octanol–water partition coefficient (Wildman–Crippen LogP) is -0.269. The number of nitrogens with two attached hydrogens (primary N) is 1. The van der Waals surface area contributed by atoms with Gasteiger partial charge >= 0.3 is 12.0 Å². The Balaban J connectivity index is 2.86. The van der Waals surface area contributed by atoms with Crippen LogP contribution in [0.1, 0.15) is 0 Å². The summed E-state index contributed by atoms with van der Waals surface area (Å²) in [4.78, 5) is 11.4. The van der Waals surface area contributed by atoms with Crippen LogP contribution < -0.4 is 20.7 Å². The summed E-state index contributed by atoms with van der Waals surface area (Å²) in [7, 11) is 1.44. The molecule has 0 saturated heterocycles. The Morgan fingerprint density at radius 3 is 2.71 bits per heavy atom. The smallest absolute Gasteiger partial charge is 0.324 e. The molecule has 0 spiro atoms. The van der Waals surface area contributed by atoms with E-state index in [1.165, 1.54) is 7.11 Å². The number of methoxy groups -OCH3 is 1. The molecule has 0 aromatic carbocycles. The Labute approximate surface area is 80.9 Å². The summed E-state index contributed by atoms with van der Waals surface area (Å²) in [6.45, 7) is 3.80. The molecule has 14 heavy (non-hydrogen) atoms. The molecule has 1 heterocycles. The van der Waals surface area contributed by atoms with Gasteiger partial charge in [0.15, 0.2) is 0 Å². The van der Waals surface area contributed by atoms with E-state index in [1.54, 1.807) is 6.08 Å². The Kier molecular flexibility index (Phi) is 3.62. The second kappa shape index (κ2) is 4.97. The van der Waals surface area contributed by atoms with Crippen LogP contribution in [0.15, 0.2) is 12.7 Å². The SMILES string of the molecule is C=CCOc1nc(NN)nc(OC)n1. The lowest BCUT2D eigenvalue weighted by molar-refractivity contribution is 0.313. The second-order valence-electron chi connectivity index (χ2n) is 2.17. The number of aromatic nitrogens is 3. The minimum atomic E-state index is 0.129. The van der Waals surface area contributed by atoms with Crippen molar-refractivity contribution in [3.63, 3.8) is 0 Å². The molecule has 0 atom stereocenters. The fourth-order valence-electron chi connectivity index (χ4n) is 0.692. The van der Waals surface area contributed by atoms with Gasteiger partial charge in [-0.15, -0.1) is 4.98 Å². The Morgan fingerprint density at radius 1 is 1.43 bits per heavy atom. The average Bonchev–Trinajstić information content (AvgIpc) is 2.25. The molecule has 0 aliphatic rings. The van der Waals surface area contributed by atoms with E-state index in [-0.39, 0.29) is 18.0 Å². The van der Waals surface area contributed by atoms with E-state index in [0.717, 1.165) is 0 Å². The van der Waals surface area contributed by atoms with Gasteiger partial charge in [0.1, 0.15) is 6.61 Å². The Bertz CT molecular complexity index is 295. The molecular formula is C7H11N5O2. The summed E-state index contributed by atoms with van der Waals surface area (Å²) < 4.78 is 9.90. The predicted molar refractivity (Wildman–Crippen MR) is 49.9 cm³/mol. The monoisotopic (exact) mass is 197 g/mol. The summed E-state index contributed by atoms with van der Waals surface area (Å²) in [6.07, 6.45) is 1.58. The molecule has 0 bridgehead atoms. The van der Waals surface area contributed by atoms with E-state index >= 15 is 0 Å². The van der Waals surface area contributed by atoms with Gasteiger partial charge in [0.05, 0.1) is 7.11 Å². The van der Waals surface area contributed by atoms with E-state index in [0.29, 0.717) is 6.61 Å². The van der Waals surface area contributed by atoms with Crippen molar-refractivity contribution in [1.29, 1.82) is 0 Å². The maximum absolute atomic E-state index is 5.14. The highest BCUT2D eigenvalue weighted by Gasteiger charge is 2.05. The van der Waals surface area contributed by atoms with Crippen molar-refractivity contribution in [2.24, 2.45) is 5.84 Å². The molecule has 76 valence electrons. The molecule has 1 aromatic rings. The number of hydrogen-bond acceptors (Lipinski definition) is 7. The molecule has 0 saturated carbocycles. The first-order chi connectivity index (χ1) is 6.80. The molecule has 7 heteroatoms. The minimum Gasteiger partial charge on any atom is -0.467 e. The molecule has 0 fully saturated rings. The summed E-state index contributed by atoms with van der Waals surface area (Å²) in [5.74, 6) is 5.31. The molecule has 0 aliphatic heterocycles. The number of nitrogens with zero attached hydrogens (tertiary/aromatic N) is 3. The number of hydrogen-bond donors (Lipinski definition) is 2. The van der Waals surface area contributed by atoms with Crippen LogP contribution in [0.25, 0.3) is 0 Å². The molecule has 0 unspecified atom stereocenters. The normalized spacial score (nSPS) is 9.29. The molecular weight excluding hydrogens is 186 g/mol. The fourth-order valence-corrected chi connectivity index (χ4v) is 0.692. The van der Waals surface area contributed by atoms with E-state index < -0.39 is 0 Å². The molecule has 7 nitrogen and oxygen atoms in total. The average molecular weight is 197 g/mol. The summed E-state index contributed by atoms with van der Waals surface area (Å²) in [5.41, 5.74) is 2.27. The lowest BCUT2D eigenvalue weighted by Gasteiger charge is -2.04. The van der Waals surface area contributed by atoms with Gasteiger partial charge in [-0.2, -0.15) is 9.97 Å². The van der Waals surface area contributed by atoms with E-state index in [1.807, 2.05) is 0 Å². The highest BCUT2D eigenvalue weighted by molar-refractivity contribution is 5.25. The fraction of sp³-hybridized carbons (Fsp3) is 0.286. The number of hydrazine groups is 1. The highest BCUT2D eigenvalue weighted by atomic mass is 16.5. The second-order valence-corrected chi connectivity index (χ2v) is 2.17. The topological polar surface area (TPSA) is 95.2 Å². The largest absolute Gasteiger partial charge is 0.467 e. The van der Waals surface area contributed by atoms with Crippen molar-refractivity contribution in [1.82, 2.24) is 15.0 Å². The van der Waals surface area contributed by atoms with Crippen molar-refractivity contribution < 1.29 is 9.47 Å². The molecule has 0 aliphatic carbocycles. The van der Waals surface area contributed by atoms with Crippen LogP contribution in [-0.4, -0.2) is 28.7 Å². The molecule has 0 amide bonds. The van der Waals surface area contributed by atoms with Crippen LogP contribution in [0.4, 0.5) is 5.95 Å². The molecule has 3 N–H and O–H groups in total. The van der Waals surface area contributed by atoms with Gasteiger partial charge in [0, 0.05) is 0 Å². The first-order valence-electron chi connectivity index (χ1n) is 3.80. The molecule has 1 aromatic heterocycles. The maximum Gasteiger partial charge on any atom is 0.324 e. The van der Waals surface area contributed by atoms with E-state index in [9.17, 15) is 0 Å². The quantitative estimate of drug-likeness (QED) is 0.381. The van der Waals surface area contributed by atoms with Gasteiger partial charge in [-0.3, -0.25) is 5.43 Å². The minimum absolute atomic E-state index is 0.129. The third-order valence-electron chi connectivity index (χ3n) is 1.24. The number of nitrogens with one attached hydrogen (secondary N) is 1. The Hall–Kier alpha value is -1.89. The van der Waals surface area contributed by atoms with Crippen molar-refractivity contribution in [3.8, 4) is 12.0 Å². The van der Waals surface area contributed by atoms with E-state index in [4.69, 9.17) is 15.3 Å². The highest BCUT2D eigenvalue weighted by Crippen LogP contribution is 2.11. The zero-order valence-electron chi connectivity index (χ0n) is 7.73. The number of ether oxygens (including phenoxy) is 2. The molecule has 0 radical (unpaired) electrons. The summed E-state index contributed by atoms with van der Waals surface area (Å²) in [6, 6.07) is 0.261. The third kappa shape index (κ3) is 2.56. The number of rotatable bonds is 5. The van der Waals surface area contributed by atoms with Gasteiger partial charge < -0.3 is 9.47 Å². The van der Waals surface area contributed by atoms with Crippen molar-refractivity contribution in [3.05, 3.63) is 12.7 Å². The van der Waals surface area contributed by atoms with Crippen LogP contribution in [-0.2, 0) is 0 Å². The van der Waals surface area contributed by atoms with Crippen LogP contribution in [0, 0.1) is 0 Å². The van der Waals surface area contributed by atoms with Crippen molar-refractivity contribution in [2.75, 3.05) is 19.1 Å². The van der Waals surface area contributed by atoms with Crippen LogP contribution in [0.2, 0.25) is 0 Å². The van der Waals surface area contributed by atoms with Gasteiger partial charge in [0.25, 0.3) is 0 Å². The van der Waals surface area contributed by atoms with Crippen molar-refractivity contribution >= 4 is 5.95 Å². The zero-order valence-corrected chi connectivity index (χ0v) is 7.73. The third-order valence-corrected chi connectivity index (χ3v) is 1.24. The molecule has 1 rings (SSSR count). The standard InChI is InChI=1S/C7H11N5O2/c1-3-4-14-7-10-5(12-8)9-6(11-7)13-2/h3H,1,4,8H2,2H3,(H,9,10,11,12). The number of anilines is 1. The van der Waals surface area contributed by atoms with E-state index in [2.05, 4.69) is 27.0 Å². The van der Waals surface area contributed by atoms with Crippen LogP contribution in [0.3, 0.4) is 0 Å². The first-order valence-corrected chi connectivity index (χ1v) is 3.80. The van der Waals surface area contributed by atoms with Gasteiger partial charge in [0.2, 0.25) is 5.95 Å². The van der Waals surface area contributed by atoms with Gasteiger partial charge in [-0.25, -0.2) is 5.84 Å². The maximum atomic E-state index is 5.14. The summed E-state index contributed by atoms with van der Waals surface area (Å²) >= 11 is 0. The van der Waals surface area contributed by atoms with Gasteiger partial charge in [-0.1, -0.05) is 12.7 Å². The first kappa shape index (κ1) is 10.2. The van der Waals surface area contributed by atoms with Crippen LogP contribution in [0.5, 0.6) is 12.0 Å². The van der Waals surface area contributed by atoms with Crippen LogP contribution >= 0.6 is 0 Å². The summed E-state index contributed by atoms with van der Waals surface area (Å²) in [5, 5.41) is 0. The Morgan fingerprint density at radius 2 is 2.14 bits per heavy atom. The lowest BCUT2D eigenvalue weighted by atomic mass is 10.7. The zero-order chi connectivity index (χ0) is 10.4.